The number of hydrogen-bond acceptors (Lipinski definition) is 4. The van der Waals surface area contributed by atoms with Crippen LogP contribution < -0.4 is 10.5 Å². The number of fused-ring (bicyclic) bond motifs is 1. The van der Waals surface area contributed by atoms with Crippen molar-refractivity contribution in [3.05, 3.63) is 36.2 Å². The standard InChI is InChI=1S/C14H17N3O2/c15-7-12-6-10-2-1-3-13(14(10)19-12)11-8-16-17(9-11)4-5-18/h1-3,8-9,12,18H,4-7,15H2. The van der Waals surface area contributed by atoms with E-state index in [9.17, 15) is 0 Å². The first-order valence-corrected chi connectivity index (χ1v) is 6.44. The minimum absolute atomic E-state index is 0.0728. The molecule has 0 saturated heterocycles. The molecule has 2 aromatic rings. The van der Waals surface area contributed by atoms with Crippen LogP contribution in [0, 0.1) is 0 Å². The predicted octanol–water partition coefficient (Wildman–Crippen LogP) is 0.805. The third-order valence-electron chi connectivity index (χ3n) is 3.36. The number of aliphatic hydroxyl groups excluding tert-OH is 1. The van der Waals surface area contributed by atoms with Gasteiger partial charge in [0.15, 0.2) is 0 Å². The summed E-state index contributed by atoms with van der Waals surface area (Å²) in [4.78, 5) is 0. The number of ether oxygens (including phenoxy) is 1. The van der Waals surface area contributed by atoms with Gasteiger partial charge in [0.05, 0.1) is 19.3 Å². The Kier molecular flexibility index (Phi) is 3.23. The average molecular weight is 259 g/mol. The lowest BCUT2D eigenvalue weighted by molar-refractivity contribution is 0.242. The number of aromatic nitrogens is 2. The molecule has 0 radical (unpaired) electrons. The molecule has 3 rings (SSSR count). The summed E-state index contributed by atoms with van der Waals surface area (Å²) in [7, 11) is 0. The van der Waals surface area contributed by atoms with E-state index in [0.717, 1.165) is 23.3 Å². The Morgan fingerprint density at radius 1 is 1.47 bits per heavy atom. The molecule has 2 heterocycles. The second-order valence-corrected chi connectivity index (χ2v) is 4.69. The van der Waals surface area contributed by atoms with E-state index >= 15 is 0 Å². The zero-order chi connectivity index (χ0) is 13.2. The van der Waals surface area contributed by atoms with Crippen LogP contribution in [-0.4, -0.2) is 34.1 Å². The number of benzene rings is 1. The number of aliphatic hydroxyl groups is 1. The summed E-state index contributed by atoms with van der Waals surface area (Å²) in [6.45, 7) is 1.11. The minimum atomic E-state index is 0.0728. The van der Waals surface area contributed by atoms with Crippen LogP contribution in [0.2, 0.25) is 0 Å². The largest absolute Gasteiger partial charge is 0.488 e. The molecule has 1 unspecified atom stereocenters. The summed E-state index contributed by atoms with van der Waals surface area (Å²) >= 11 is 0. The molecule has 0 spiro atoms. The minimum Gasteiger partial charge on any atom is -0.488 e. The maximum Gasteiger partial charge on any atom is 0.131 e. The SMILES string of the molecule is NCC1Cc2cccc(-c3cnn(CCO)c3)c2O1. The Morgan fingerprint density at radius 3 is 3.16 bits per heavy atom. The normalized spacial score (nSPS) is 17.3. The topological polar surface area (TPSA) is 73.3 Å². The van der Waals surface area contributed by atoms with E-state index < -0.39 is 0 Å². The van der Waals surface area contributed by atoms with Gasteiger partial charge in [-0.15, -0.1) is 0 Å². The zero-order valence-electron chi connectivity index (χ0n) is 10.6. The van der Waals surface area contributed by atoms with Crippen molar-refractivity contribution in [3.63, 3.8) is 0 Å². The summed E-state index contributed by atoms with van der Waals surface area (Å²) in [6, 6.07) is 6.13. The van der Waals surface area contributed by atoms with Gasteiger partial charge in [-0.1, -0.05) is 18.2 Å². The van der Waals surface area contributed by atoms with Gasteiger partial charge in [-0.25, -0.2) is 0 Å². The van der Waals surface area contributed by atoms with E-state index in [1.165, 1.54) is 5.56 Å². The summed E-state index contributed by atoms with van der Waals surface area (Å²) < 4.78 is 7.63. The van der Waals surface area contributed by atoms with Gasteiger partial charge in [-0.2, -0.15) is 5.10 Å². The Labute approximate surface area is 111 Å². The van der Waals surface area contributed by atoms with Crippen LogP contribution in [0.25, 0.3) is 11.1 Å². The van der Waals surface area contributed by atoms with E-state index in [1.54, 1.807) is 10.9 Å². The molecule has 0 saturated carbocycles. The molecular formula is C14H17N3O2. The van der Waals surface area contributed by atoms with Gasteiger partial charge in [0, 0.05) is 30.3 Å². The quantitative estimate of drug-likeness (QED) is 0.852. The van der Waals surface area contributed by atoms with Crippen molar-refractivity contribution in [2.24, 2.45) is 5.73 Å². The third-order valence-corrected chi connectivity index (χ3v) is 3.36. The van der Waals surface area contributed by atoms with E-state index in [0.29, 0.717) is 13.1 Å². The van der Waals surface area contributed by atoms with Gasteiger partial charge in [0.2, 0.25) is 0 Å². The number of rotatable bonds is 4. The smallest absolute Gasteiger partial charge is 0.131 e. The molecule has 1 atom stereocenters. The van der Waals surface area contributed by atoms with Crippen LogP contribution in [0.15, 0.2) is 30.6 Å². The average Bonchev–Trinajstić information content (AvgIpc) is 3.04. The fourth-order valence-electron chi connectivity index (χ4n) is 2.42. The summed E-state index contributed by atoms with van der Waals surface area (Å²) in [5, 5.41) is 13.1. The van der Waals surface area contributed by atoms with Crippen LogP contribution in [-0.2, 0) is 13.0 Å². The van der Waals surface area contributed by atoms with Crippen molar-refractivity contribution in [1.29, 1.82) is 0 Å². The fraction of sp³-hybridized carbons (Fsp3) is 0.357. The highest BCUT2D eigenvalue weighted by molar-refractivity contribution is 5.72. The van der Waals surface area contributed by atoms with Gasteiger partial charge in [-0.3, -0.25) is 4.68 Å². The molecule has 0 fully saturated rings. The first-order chi connectivity index (χ1) is 9.31. The molecule has 1 aliphatic heterocycles. The van der Waals surface area contributed by atoms with Crippen LogP contribution in [0.5, 0.6) is 5.75 Å². The van der Waals surface area contributed by atoms with Crippen LogP contribution in [0.3, 0.4) is 0 Å². The number of hydrogen-bond donors (Lipinski definition) is 2. The Morgan fingerprint density at radius 2 is 2.37 bits per heavy atom. The molecule has 19 heavy (non-hydrogen) atoms. The Bertz CT molecular complexity index is 580. The molecule has 1 aromatic heterocycles. The van der Waals surface area contributed by atoms with Crippen LogP contribution in [0.4, 0.5) is 0 Å². The van der Waals surface area contributed by atoms with E-state index in [4.69, 9.17) is 15.6 Å². The molecule has 3 N–H and O–H groups in total. The number of para-hydroxylation sites is 1. The Balaban J connectivity index is 1.95. The highest BCUT2D eigenvalue weighted by Gasteiger charge is 2.24. The highest BCUT2D eigenvalue weighted by atomic mass is 16.5. The molecule has 5 nitrogen and oxygen atoms in total. The molecule has 5 heteroatoms. The summed E-state index contributed by atoms with van der Waals surface area (Å²) in [5.74, 6) is 0.918. The van der Waals surface area contributed by atoms with Gasteiger partial charge < -0.3 is 15.6 Å². The predicted molar refractivity (Wildman–Crippen MR) is 71.9 cm³/mol. The lowest BCUT2D eigenvalue weighted by Crippen LogP contribution is -2.24. The maximum absolute atomic E-state index is 8.92. The molecule has 0 bridgehead atoms. The number of nitrogens with two attached hydrogens (primary N) is 1. The molecule has 0 amide bonds. The first kappa shape index (κ1) is 12.2. The van der Waals surface area contributed by atoms with Gasteiger partial charge in [0.25, 0.3) is 0 Å². The lowest BCUT2D eigenvalue weighted by Gasteiger charge is -2.09. The lowest BCUT2D eigenvalue weighted by atomic mass is 10.0. The highest BCUT2D eigenvalue weighted by Crippen LogP contribution is 2.38. The molecular weight excluding hydrogens is 242 g/mol. The zero-order valence-corrected chi connectivity index (χ0v) is 10.6. The van der Waals surface area contributed by atoms with Crippen molar-refractivity contribution >= 4 is 0 Å². The van der Waals surface area contributed by atoms with Crippen molar-refractivity contribution in [3.8, 4) is 16.9 Å². The van der Waals surface area contributed by atoms with Crippen LogP contribution in [0.1, 0.15) is 5.56 Å². The second kappa shape index (κ2) is 5.03. The molecule has 100 valence electrons. The Hall–Kier alpha value is -1.85. The monoisotopic (exact) mass is 259 g/mol. The van der Waals surface area contributed by atoms with E-state index in [1.807, 2.05) is 18.3 Å². The van der Waals surface area contributed by atoms with Gasteiger partial charge in [-0.05, 0) is 5.56 Å². The first-order valence-electron chi connectivity index (χ1n) is 6.44. The fourth-order valence-corrected chi connectivity index (χ4v) is 2.42. The molecule has 1 aromatic carbocycles. The van der Waals surface area contributed by atoms with E-state index in [-0.39, 0.29) is 12.7 Å². The van der Waals surface area contributed by atoms with Crippen molar-refractivity contribution < 1.29 is 9.84 Å². The van der Waals surface area contributed by atoms with Crippen LogP contribution >= 0.6 is 0 Å². The molecule has 0 aliphatic carbocycles. The third kappa shape index (κ3) is 2.22. The van der Waals surface area contributed by atoms with E-state index in [2.05, 4.69) is 11.2 Å². The van der Waals surface area contributed by atoms with Crippen molar-refractivity contribution in [1.82, 2.24) is 9.78 Å². The summed E-state index contributed by atoms with van der Waals surface area (Å²) in [5.41, 5.74) is 8.92. The number of nitrogens with zero attached hydrogens (tertiary/aromatic N) is 2. The van der Waals surface area contributed by atoms with Crippen molar-refractivity contribution in [2.45, 2.75) is 19.1 Å². The summed E-state index contributed by atoms with van der Waals surface area (Å²) in [6.07, 6.45) is 4.66. The van der Waals surface area contributed by atoms with Gasteiger partial charge in [0.1, 0.15) is 11.9 Å². The van der Waals surface area contributed by atoms with Crippen molar-refractivity contribution in [2.75, 3.05) is 13.2 Å². The second-order valence-electron chi connectivity index (χ2n) is 4.69. The molecule has 1 aliphatic rings. The maximum atomic E-state index is 8.92. The van der Waals surface area contributed by atoms with Gasteiger partial charge >= 0.3 is 0 Å².